The second-order valence-corrected chi connectivity index (χ2v) is 3.81. The third-order valence-electron chi connectivity index (χ3n) is 2.58. The summed E-state index contributed by atoms with van der Waals surface area (Å²) in [6.45, 7) is -0.233. The molecular formula is C12H15NO5. The van der Waals surface area contributed by atoms with E-state index in [1.807, 2.05) is 0 Å². The topological polar surface area (TPSA) is 89.7 Å². The van der Waals surface area contributed by atoms with Crippen LogP contribution in [0.15, 0.2) is 18.2 Å². The first kappa shape index (κ1) is 14.1. The summed E-state index contributed by atoms with van der Waals surface area (Å²) in [5, 5.41) is 19.8. The van der Waals surface area contributed by atoms with Crippen molar-refractivity contribution in [1.82, 2.24) is 0 Å². The van der Waals surface area contributed by atoms with E-state index in [1.165, 1.54) is 13.2 Å². The molecule has 1 N–H and O–H groups in total. The Kier molecular flexibility index (Phi) is 5.26. The molecule has 0 aromatic heterocycles. The summed E-state index contributed by atoms with van der Waals surface area (Å²) < 4.78 is 4.50. The van der Waals surface area contributed by atoms with E-state index in [2.05, 4.69) is 4.74 Å². The van der Waals surface area contributed by atoms with Crippen molar-refractivity contribution in [2.75, 3.05) is 7.11 Å². The number of nitro benzene ring substituents is 1. The molecule has 18 heavy (non-hydrogen) atoms. The van der Waals surface area contributed by atoms with Gasteiger partial charge in [-0.1, -0.05) is 12.1 Å². The first-order chi connectivity index (χ1) is 8.58. The maximum Gasteiger partial charge on any atom is 0.305 e. The zero-order chi connectivity index (χ0) is 13.5. The Labute approximate surface area is 104 Å². The second-order valence-electron chi connectivity index (χ2n) is 3.81. The molecule has 6 nitrogen and oxygen atoms in total. The van der Waals surface area contributed by atoms with Crippen LogP contribution in [-0.2, 0) is 22.6 Å². The average Bonchev–Trinajstić information content (AvgIpc) is 2.38. The number of aliphatic hydroxyl groups excluding tert-OH is 1. The number of aryl methyl sites for hydroxylation is 1. The van der Waals surface area contributed by atoms with Gasteiger partial charge in [0, 0.05) is 18.1 Å². The van der Waals surface area contributed by atoms with Crippen LogP contribution in [0.4, 0.5) is 5.69 Å². The van der Waals surface area contributed by atoms with Crippen LogP contribution in [0.1, 0.15) is 24.0 Å². The van der Waals surface area contributed by atoms with Gasteiger partial charge in [-0.2, -0.15) is 0 Å². The van der Waals surface area contributed by atoms with E-state index in [0.717, 1.165) is 0 Å². The number of esters is 1. The standard InChI is InChI=1S/C12H15NO5/c1-18-12(15)4-2-3-10-6-5-9(8-14)7-11(10)13(16)17/h5-7,14H,2-4,8H2,1H3. The third kappa shape index (κ3) is 3.81. The zero-order valence-electron chi connectivity index (χ0n) is 10.1. The van der Waals surface area contributed by atoms with Crippen molar-refractivity contribution in [1.29, 1.82) is 0 Å². The van der Waals surface area contributed by atoms with Crippen LogP contribution in [0.5, 0.6) is 0 Å². The van der Waals surface area contributed by atoms with Gasteiger partial charge < -0.3 is 9.84 Å². The Bertz CT molecular complexity index is 444. The summed E-state index contributed by atoms with van der Waals surface area (Å²) in [5.74, 6) is -0.329. The highest BCUT2D eigenvalue weighted by atomic mass is 16.6. The maximum absolute atomic E-state index is 10.9. The van der Waals surface area contributed by atoms with Crippen molar-refractivity contribution >= 4 is 11.7 Å². The summed E-state index contributed by atoms with van der Waals surface area (Å²) in [6.07, 6.45) is 1.15. The van der Waals surface area contributed by atoms with E-state index in [-0.39, 0.29) is 24.7 Å². The number of aliphatic hydroxyl groups is 1. The number of ether oxygens (including phenoxy) is 1. The smallest absolute Gasteiger partial charge is 0.305 e. The summed E-state index contributed by atoms with van der Waals surface area (Å²) in [4.78, 5) is 21.3. The highest BCUT2D eigenvalue weighted by Gasteiger charge is 2.14. The van der Waals surface area contributed by atoms with Crippen LogP contribution in [0.2, 0.25) is 0 Å². The fraction of sp³-hybridized carbons (Fsp3) is 0.417. The monoisotopic (exact) mass is 253 g/mol. The molecule has 0 saturated heterocycles. The van der Waals surface area contributed by atoms with Gasteiger partial charge in [-0.05, 0) is 18.4 Å². The second kappa shape index (κ2) is 6.70. The van der Waals surface area contributed by atoms with E-state index in [1.54, 1.807) is 12.1 Å². The lowest BCUT2D eigenvalue weighted by atomic mass is 10.0. The van der Waals surface area contributed by atoms with Gasteiger partial charge in [-0.25, -0.2) is 0 Å². The fourth-order valence-corrected chi connectivity index (χ4v) is 1.61. The van der Waals surface area contributed by atoms with Crippen molar-refractivity contribution in [2.45, 2.75) is 25.9 Å². The number of nitrogens with zero attached hydrogens (tertiary/aromatic N) is 1. The minimum absolute atomic E-state index is 0.0218. The number of hydrogen-bond donors (Lipinski definition) is 1. The Morgan fingerprint density at radius 2 is 2.22 bits per heavy atom. The first-order valence-electron chi connectivity index (χ1n) is 5.52. The molecule has 0 radical (unpaired) electrons. The molecule has 0 aliphatic rings. The van der Waals surface area contributed by atoms with Crippen molar-refractivity contribution < 1.29 is 19.6 Å². The lowest BCUT2D eigenvalue weighted by Gasteiger charge is -2.04. The number of carbonyl (C=O) groups excluding carboxylic acids is 1. The van der Waals surface area contributed by atoms with Gasteiger partial charge in [-0.3, -0.25) is 14.9 Å². The van der Waals surface area contributed by atoms with Gasteiger partial charge >= 0.3 is 5.97 Å². The molecule has 0 atom stereocenters. The predicted octanol–water partition coefficient (Wildman–Crippen LogP) is 1.58. The molecule has 1 aromatic rings. The van der Waals surface area contributed by atoms with Crippen LogP contribution in [0, 0.1) is 10.1 Å². The number of hydrogen-bond acceptors (Lipinski definition) is 5. The molecule has 1 rings (SSSR count). The summed E-state index contributed by atoms with van der Waals surface area (Å²) in [6, 6.07) is 4.61. The van der Waals surface area contributed by atoms with E-state index < -0.39 is 4.92 Å². The van der Waals surface area contributed by atoms with Gasteiger partial charge in [0.05, 0.1) is 18.6 Å². The van der Waals surface area contributed by atoms with Crippen molar-refractivity contribution in [3.05, 3.63) is 39.4 Å². The molecule has 0 aliphatic carbocycles. The lowest BCUT2D eigenvalue weighted by molar-refractivity contribution is -0.385. The van der Waals surface area contributed by atoms with Gasteiger partial charge in [0.25, 0.3) is 5.69 Å². The molecule has 6 heteroatoms. The fourth-order valence-electron chi connectivity index (χ4n) is 1.61. The van der Waals surface area contributed by atoms with Gasteiger partial charge in [0.2, 0.25) is 0 Å². The predicted molar refractivity (Wildman–Crippen MR) is 64.0 cm³/mol. The first-order valence-corrected chi connectivity index (χ1v) is 5.52. The van der Waals surface area contributed by atoms with Gasteiger partial charge in [0.15, 0.2) is 0 Å². The molecule has 1 aromatic carbocycles. The Balaban J connectivity index is 2.75. The van der Waals surface area contributed by atoms with Gasteiger partial charge in [0.1, 0.15) is 0 Å². The summed E-state index contributed by atoms with van der Waals surface area (Å²) >= 11 is 0. The lowest BCUT2D eigenvalue weighted by Crippen LogP contribution is -2.02. The van der Waals surface area contributed by atoms with Crippen LogP contribution in [0.3, 0.4) is 0 Å². The molecule has 98 valence electrons. The molecule has 0 unspecified atom stereocenters. The Morgan fingerprint density at radius 3 is 2.78 bits per heavy atom. The van der Waals surface area contributed by atoms with Crippen LogP contribution >= 0.6 is 0 Å². The highest BCUT2D eigenvalue weighted by Crippen LogP contribution is 2.22. The van der Waals surface area contributed by atoms with Crippen LogP contribution in [-0.4, -0.2) is 23.1 Å². The Hall–Kier alpha value is -1.95. The van der Waals surface area contributed by atoms with E-state index >= 15 is 0 Å². The van der Waals surface area contributed by atoms with E-state index in [4.69, 9.17) is 5.11 Å². The van der Waals surface area contributed by atoms with Crippen molar-refractivity contribution in [3.8, 4) is 0 Å². The molecule has 0 bridgehead atoms. The van der Waals surface area contributed by atoms with E-state index in [9.17, 15) is 14.9 Å². The van der Waals surface area contributed by atoms with Crippen molar-refractivity contribution in [3.63, 3.8) is 0 Å². The van der Waals surface area contributed by atoms with Crippen LogP contribution < -0.4 is 0 Å². The normalized spacial score (nSPS) is 10.1. The minimum Gasteiger partial charge on any atom is -0.469 e. The molecule has 0 spiro atoms. The molecular weight excluding hydrogens is 238 g/mol. The van der Waals surface area contributed by atoms with Gasteiger partial charge in [-0.15, -0.1) is 0 Å². The molecule has 0 fully saturated rings. The number of benzene rings is 1. The van der Waals surface area contributed by atoms with Crippen LogP contribution in [0.25, 0.3) is 0 Å². The molecule has 0 amide bonds. The number of rotatable bonds is 6. The summed E-state index contributed by atoms with van der Waals surface area (Å²) in [7, 11) is 1.31. The zero-order valence-corrected chi connectivity index (χ0v) is 10.1. The average molecular weight is 253 g/mol. The summed E-state index contributed by atoms with van der Waals surface area (Å²) in [5.41, 5.74) is 1.03. The number of nitro groups is 1. The molecule has 0 saturated carbocycles. The van der Waals surface area contributed by atoms with Crippen molar-refractivity contribution in [2.24, 2.45) is 0 Å². The Morgan fingerprint density at radius 1 is 1.50 bits per heavy atom. The maximum atomic E-state index is 10.9. The minimum atomic E-state index is -0.480. The SMILES string of the molecule is COC(=O)CCCc1ccc(CO)cc1[N+](=O)[O-]. The largest absolute Gasteiger partial charge is 0.469 e. The third-order valence-corrected chi connectivity index (χ3v) is 2.58. The number of carbonyl (C=O) groups is 1. The van der Waals surface area contributed by atoms with E-state index in [0.29, 0.717) is 24.0 Å². The number of methoxy groups -OCH3 is 1. The highest BCUT2D eigenvalue weighted by molar-refractivity contribution is 5.69. The molecule has 0 aliphatic heterocycles. The quantitative estimate of drug-likeness (QED) is 0.472. The molecule has 0 heterocycles.